The zero-order chi connectivity index (χ0) is 10.6. The molecule has 0 bridgehead atoms. The summed E-state index contributed by atoms with van der Waals surface area (Å²) in [5.41, 5.74) is 1.20. The molecular weight excluding hydrogens is 183 g/mol. The maximum atomic E-state index is 12.5. The van der Waals surface area contributed by atoms with Gasteiger partial charge in [0.15, 0.2) is 0 Å². The average molecular weight is 194 g/mol. The van der Waals surface area contributed by atoms with Gasteiger partial charge in [-0.25, -0.2) is 9.18 Å². The van der Waals surface area contributed by atoms with Crippen LogP contribution in [-0.4, -0.2) is 13.1 Å². The highest BCUT2D eigenvalue weighted by molar-refractivity contribution is 5.88. The number of esters is 1. The third-order valence-electron chi connectivity index (χ3n) is 1.80. The van der Waals surface area contributed by atoms with E-state index in [0.29, 0.717) is 12.0 Å². The highest BCUT2D eigenvalue weighted by Crippen LogP contribution is 2.08. The van der Waals surface area contributed by atoms with Gasteiger partial charge in [0.05, 0.1) is 7.11 Å². The number of hydrogen-bond acceptors (Lipinski definition) is 2. The first-order chi connectivity index (χ1) is 6.63. The molecule has 74 valence electrons. The minimum absolute atomic E-state index is 0.294. The first-order valence-electron chi connectivity index (χ1n) is 4.14. The third-order valence-corrected chi connectivity index (χ3v) is 1.80. The van der Waals surface area contributed by atoms with Crippen molar-refractivity contribution in [2.45, 2.75) is 6.42 Å². The predicted molar refractivity (Wildman–Crippen MR) is 51.3 cm³/mol. The molecule has 0 spiro atoms. The standard InChI is InChI=1S/C11H11FO2/c1-8(11(13)14-2)7-9-3-5-10(12)6-4-9/h3-6H,1,7H2,2H3. The van der Waals surface area contributed by atoms with Crippen molar-refractivity contribution in [2.24, 2.45) is 0 Å². The molecule has 0 atom stereocenters. The van der Waals surface area contributed by atoms with Crippen LogP contribution in [0.1, 0.15) is 5.56 Å². The molecule has 1 aromatic rings. The van der Waals surface area contributed by atoms with Crippen LogP contribution >= 0.6 is 0 Å². The fourth-order valence-electron chi connectivity index (χ4n) is 1.07. The number of carbonyl (C=O) groups is 1. The smallest absolute Gasteiger partial charge is 0.333 e. The lowest BCUT2D eigenvalue weighted by Gasteiger charge is -2.03. The molecule has 0 amide bonds. The van der Waals surface area contributed by atoms with Crippen LogP contribution in [0.4, 0.5) is 4.39 Å². The van der Waals surface area contributed by atoms with E-state index in [4.69, 9.17) is 0 Å². The van der Waals surface area contributed by atoms with Crippen molar-refractivity contribution < 1.29 is 13.9 Å². The van der Waals surface area contributed by atoms with E-state index in [0.717, 1.165) is 5.56 Å². The van der Waals surface area contributed by atoms with Crippen molar-refractivity contribution in [1.82, 2.24) is 0 Å². The predicted octanol–water partition coefficient (Wildman–Crippen LogP) is 2.10. The lowest BCUT2D eigenvalue weighted by molar-refractivity contribution is -0.136. The Balaban J connectivity index is 2.65. The molecule has 1 rings (SSSR count). The van der Waals surface area contributed by atoms with E-state index in [-0.39, 0.29) is 5.82 Å². The Labute approximate surface area is 82.0 Å². The molecule has 14 heavy (non-hydrogen) atoms. The first-order valence-corrected chi connectivity index (χ1v) is 4.14. The Bertz CT molecular complexity index is 341. The number of rotatable bonds is 3. The van der Waals surface area contributed by atoms with Gasteiger partial charge in [0, 0.05) is 12.0 Å². The molecule has 0 aliphatic heterocycles. The SMILES string of the molecule is C=C(Cc1ccc(F)cc1)C(=O)OC. The van der Waals surface area contributed by atoms with E-state index < -0.39 is 5.97 Å². The van der Waals surface area contributed by atoms with Crippen LogP contribution in [-0.2, 0) is 16.0 Å². The molecule has 3 heteroatoms. The lowest BCUT2D eigenvalue weighted by Crippen LogP contribution is -2.05. The van der Waals surface area contributed by atoms with E-state index in [1.807, 2.05) is 0 Å². The molecule has 0 aromatic heterocycles. The number of ether oxygens (including phenoxy) is 1. The Morgan fingerprint density at radius 3 is 2.50 bits per heavy atom. The summed E-state index contributed by atoms with van der Waals surface area (Å²) in [6, 6.07) is 5.92. The van der Waals surface area contributed by atoms with E-state index in [2.05, 4.69) is 11.3 Å². The lowest BCUT2D eigenvalue weighted by atomic mass is 10.1. The second kappa shape index (κ2) is 4.56. The average Bonchev–Trinajstić information content (AvgIpc) is 2.20. The Kier molecular flexibility index (Phi) is 3.40. The summed E-state index contributed by atoms with van der Waals surface area (Å²) in [7, 11) is 1.30. The molecule has 1 aromatic carbocycles. The molecule has 0 N–H and O–H groups in total. The van der Waals surface area contributed by atoms with E-state index in [9.17, 15) is 9.18 Å². The summed E-state index contributed by atoms with van der Waals surface area (Å²) < 4.78 is 17.0. The fourth-order valence-corrected chi connectivity index (χ4v) is 1.07. The maximum Gasteiger partial charge on any atom is 0.333 e. The zero-order valence-electron chi connectivity index (χ0n) is 7.92. The van der Waals surface area contributed by atoms with Crippen LogP contribution in [0, 0.1) is 5.82 Å². The van der Waals surface area contributed by atoms with Gasteiger partial charge in [0.1, 0.15) is 5.82 Å². The number of hydrogen-bond donors (Lipinski definition) is 0. The molecule has 0 saturated heterocycles. The summed E-state index contributed by atoms with van der Waals surface area (Å²) in [6.07, 6.45) is 0.382. The largest absolute Gasteiger partial charge is 0.466 e. The third kappa shape index (κ3) is 2.69. The molecule has 0 unspecified atom stereocenters. The number of benzene rings is 1. The second-order valence-electron chi connectivity index (χ2n) is 2.90. The van der Waals surface area contributed by atoms with Crippen molar-refractivity contribution in [1.29, 1.82) is 0 Å². The topological polar surface area (TPSA) is 26.3 Å². The molecule has 0 heterocycles. The molecular formula is C11H11FO2. The number of methoxy groups -OCH3 is 1. The molecule has 0 aliphatic rings. The normalized spacial score (nSPS) is 9.57. The van der Waals surface area contributed by atoms with Crippen LogP contribution in [0.5, 0.6) is 0 Å². The minimum atomic E-state index is -0.436. The van der Waals surface area contributed by atoms with Gasteiger partial charge >= 0.3 is 5.97 Å². The van der Waals surface area contributed by atoms with E-state index in [1.54, 1.807) is 12.1 Å². The quantitative estimate of drug-likeness (QED) is 0.544. The highest BCUT2D eigenvalue weighted by Gasteiger charge is 2.06. The van der Waals surface area contributed by atoms with Crippen LogP contribution in [0.2, 0.25) is 0 Å². The number of halogens is 1. The van der Waals surface area contributed by atoms with Gasteiger partial charge in [0.25, 0.3) is 0 Å². The molecule has 0 fully saturated rings. The van der Waals surface area contributed by atoms with Gasteiger partial charge in [-0.05, 0) is 17.7 Å². The second-order valence-corrected chi connectivity index (χ2v) is 2.90. The van der Waals surface area contributed by atoms with Gasteiger partial charge in [-0.15, -0.1) is 0 Å². The van der Waals surface area contributed by atoms with E-state index in [1.165, 1.54) is 19.2 Å². The monoisotopic (exact) mass is 194 g/mol. The maximum absolute atomic E-state index is 12.5. The van der Waals surface area contributed by atoms with Crippen LogP contribution in [0.15, 0.2) is 36.4 Å². The van der Waals surface area contributed by atoms with Gasteiger partial charge in [-0.3, -0.25) is 0 Å². The van der Waals surface area contributed by atoms with Crippen LogP contribution in [0.25, 0.3) is 0 Å². The Hall–Kier alpha value is -1.64. The zero-order valence-corrected chi connectivity index (χ0v) is 7.92. The van der Waals surface area contributed by atoms with Gasteiger partial charge in [-0.2, -0.15) is 0 Å². The molecule has 0 aliphatic carbocycles. The van der Waals surface area contributed by atoms with Crippen molar-refractivity contribution in [2.75, 3.05) is 7.11 Å². The fraction of sp³-hybridized carbons (Fsp3) is 0.182. The Morgan fingerprint density at radius 2 is 2.00 bits per heavy atom. The molecule has 0 saturated carbocycles. The summed E-state index contributed by atoms with van der Waals surface area (Å²) in [5, 5.41) is 0. The summed E-state index contributed by atoms with van der Waals surface area (Å²) >= 11 is 0. The summed E-state index contributed by atoms with van der Waals surface area (Å²) in [6.45, 7) is 3.57. The van der Waals surface area contributed by atoms with Gasteiger partial charge < -0.3 is 4.74 Å². The summed E-state index contributed by atoms with van der Waals surface area (Å²) in [4.78, 5) is 11.0. The van der Waals surface area contributed by atoms with Crippen molar-refractivity contribution in [3.8, 4) is 0 Å². The van der Waals surface area contributed by atoms with Crippen molar-refractivity contribution in [3.05, 3.63) is 47.8 Å². The Morgan fingerprint density at radius 1 is 1.43 bits per heavy atom. The minimum Gasteiger partial charge on any atom is -0.466 e. The van der Waals surface area contributed by atoms with Crippen LogP contribution < -0.4 is 0 Å². The van der Waals surface area contributed by atoms with Crippen molar-refractivity contribution >= 4 is 5.97 Å². The highest BCUT2D eigenvalue weighted by atomic mass is 19.1. The van der Waals surface area contributed by atoms with Crippen molar-refractivity contribution in [3.63, 3.8) is 0 Å². The molecule has 0 radical (unpaired) electrons. The van der Waals surface area contributed by atoms with Gasteiger partial charge in [0.2, 0.25) is 0 Å². The summed E-state index contributed by atoms with van der Waals surface area (Å²) in [5.74, 6) is -0.730. The van der Waals surface area contributed by atoms with Crippen LogP contribution in [0.3, 0.4) is 0 Å². The first kappa shape index (κ1) is 10.4. The number of carbonyl (C=O) groups excluding carboxylic acids is 1. The molecule has 2 nitrogen and oxygen atoms in total. The van der Waals surface area contributed by atoms with Gasteiger partial charge in [-0.1, -0.05) is 18.7 Å². The van der Waals surface area contributed by atoms with E-state index >= 15 is 0 Å².